The first-order valence-corrected chi connectivity index (χ1v) is 9.95. The molecule has 8 heteroatoms. The lowest BCUT2D eigenvalue weighted by atomic mass is 10.1. The summed E-state index contributed by atoms with van der Waals surface area (Å²) in [6.45, 7) is 3.58. The molecule has 7 nitrogen and oxygen atoms in total. The highest BCUT2D eigenvalue weighted by atomic mass is 32.2. The Morgan fingerprint density at radius 3 is 2.11 bits per heavy atom. The van der Waals surface area contributed by atoms with Gasteiger partial charge in [0.15, 0.2) is 0 Å². The van der Waals surface area contributed by atoms with Gasteiger partial charge in [0.1, 0.15) is 11.6 Å². The lowest BCUT2D eigenvalue weighted by Gasteiger charge is -2.18. The standard InChI is InChI=1S/C20H20N4O3S/c1-14-12-17(13-15(2)20(14)25)23-22-16-7-9-18(10-8-16)28(26,27)24(3)19-6-4-5-11-21-19/h4-13,25H,1-3H3. The van der Waals surface area contributed by atoms with Crippen LogP contribution in [0.3, 0.4) is 0 Å². The van der Waals surface area contributed by atoms with Gasteiger partial charge in [-0.3, -0.25) is 4.31 Å². The van der Waals surface area contributed by atoms with E-state index in [-0.39, 0.29) is 10.6 Å². The predicted molar refractivity (Wildman–Crippen MR) is 108 cm³/mol. The molecule has 28 heavy (non-hydrogen) atoms. The number of rotatable bonds is 5. The molecule has 0 radical (unpaired) electrons. The van der Waals surface area contributed by atoms with E-state index in [0.717, 1.165) is 4.31 Å². The zero-order valence-corrected chi connectivity index (χ0v) is 16.6. The number of azo groups is 1. The van der Waals surface area contributed by atoms with Crippen LogP contribution in [0.15, 0.2) is 75.9 Å². The first-order chi connectivity index (χ1) is 13.3. The maximum atomic E-state index is 12.7. The fourth-order valence-electron chi connectivity index (χ4n) is 2.61. The number of aryl methyl sites for hydroxylation is 2. The van der Waals surface area contributed by atoms with Gasteiger partial charge >= 0.3 is 0 Å². The van der Waals surface area contributed by atoms with E-state index < -0.39 is 10.0 Å². The summed E-state index contributed by atoms with van der Waals surface area (Å²) in [6.07, 6.45) is 1.54. The normalized spacial score (nSPS) is 11.7. The molecule has 2 aromatic carbocycles. The van der Waals surface area contributed by atoms with E-state index in [2.05, 4.69) is 15.2 Å². The molecule has 3 rings (SSSR count). The van der Waals surface area contributed by atoms with Crippen LogP contribution < -0.4 is 4.31 Å². The first-order valence-electron chi connectivity index (χ1n) is 8.51. The van der Waals surface area contributed by atoms with Gasteiger partial charge in [-0.15, -0.1) is 0 Å². The quantitative estimate of drug-likeness (QED) is 0.635. The highest BCUT2D eigenvalue weighted by molar-refractivity contribution is 7.92. The van der Waals surface area contributed by atoms with Gasteiger partial charge in [-0.2, -0.15) is 10.2 Å². The van der Waals surface area contributed by atoms with Crippen molar-refractivity contribution in [1.82, 2.24) is 4.98 Å². The van der Waals surface area contributed by atoms with Gasteiger partial charge in [-0.05, 0) is 73.5 Å². The number of hydrogen-bond acceptors (Lipinski definition) is 6. The molecule has 1 N–H and O–H groups in total. The summed E-state index contributed by atoms with van der Waals surface area (Å²) in [4.78, 5) is 4.20. The largest absolute Gasteiger partial charge is 0.507 e. The Balaban J connectivity index is 1.81. The SMILES string of the molecule is Cc1cc(N=Nc2ccc(S(=O)(=O)N(C)c3ccccn3)cc2)cc(C)c1O. The van der Waals surface area contributed by atoms with E-state index in [1.54, 1.807) is 56.3 Å². The minimum absolute atomic E-state index is 0.135. The van der Waals surface area contributed by atoms with E-state index in [0.29, 0.717) is 28.3 Å². The summed E-state index contributed by atoms with van der Waals surface area (Å²) < 4.78 is 26.6. The Kier molecular flexibility index (Phi) is 5.41. The van der Waals surface area contributed by atoms with Crippen molar-refractivity contribution in [1.29, 1.82) is 0 Å². The number of nitrogens with zero attached hydrogens (tertiary/aromatic N) is 4. The Morgan fingerprint density at radius 2 is 1.54 bits per heavy atom. The monoisotopic (exact) mass is 396 g/mol. The number of aromatic hydroxyl groups is 1. The van der Waals surface area contributed by atoms with Crippen molar-refractivity contribution in [2.45, 2.75) is 18.7 Å². The molecule has 0 saturated heterocycles. The topological polar surface area (TPSA) is 95.2 Å². The molecule has 1 heterocycles. The number of aromatic nitrogens is 1. The van der Waals surface area contributed by atoms with Gasteiger partial charge in [0, 0.05) is 13.2 Å². The molecule has 0 unspecified atom stereocenters. The summed E-state index contributed by atoms with van der Waals surface area (Å²) in [6, 6.07) is 14.7. The second kappa shape index (κ2) is 7.77. The van der Waals surface area contributed by atoms with E-state index in [1.807, 2.05) is 0 Å². The fraction of sp³-hybridized carbons (Fsp3) is 0.150. The van der Waals surface area contributed by atoms with Crippen molar-refractivity contribution in [3.63, 3.8) is 0 Å². The minimum Gasteiger partial charge on any atom is -0.507 e. The van der Waals surface area contributed by atoms with Crippen molar-refractivity contribution < 1.29 is 13.5 Å². The van der Waals surface area contributed by atoms with Crippen LogP contribution in [0.1, 0.15) is 11.1 Å². The summed E-state index contributed by atoms with van der Waals surface area (Å²) in [7, 11) is -2.26. The van der Waals surface area contributed by atoms with E-state index in [9.17, 15) is 13.5 Å². The van der Waals surface area contributed by atoms with Gasteiger partial charge in [-0.1, -0.05) is 6.07 Å². The number of hydrogen-bond donors (Lipinski definition) is 1. The first kappa shape index (κ1) is 19.5. The highest BCUT2D eigenvalue weighted by Crippen LogP contribution is 2.29. The zero-order valence-electron chi connectivity index (χ0n) is 15.7. The van der Waals surface area contributed by atoms with Crippen LogP contribution in [0.2, 0.25) is 0 Å². The van der Waals surface area contributed by atoms with Crippen molar-refractivity contribution in [2.75, 3.05) is 11.4 Å². The molecule has 0 aliphatic carbocycles. The summed E-state index contributed by atoms with van der Waals surface area (Å²) in [5.74, 6) is 0.579. The zero-order chi connectivity index (χ0) is 20.3. The maximum absolute atomic E-state index is 12.7. The van der Waals surface area contributed by atoms with E-state index >= 15 is 0 Å². The van der Waals surface area contributed by atoms with Gasteiger partial charge in [0.05, 0.1) is 16.3 Å². The molecule has 0 amide bonds. The molecule has 0 aliphatic heterocycles. The van der Waals surface area contributed by atoms with Gasteiger partial charge in [0.2, 0.25) is 0 Å². The third-order valence-corrected chi connectivity index (χ3v) is 6.00. The number of phenols is 1. The minimum atomic E-state index is -3.72. The predicted octanol–water partition coefficient (Wildman–Crippen LogP) is 4.64. The smallest absolute Gasteiger partial charge is 0.265 e. The van der Waals surface area contributed by atoms with Crippen molar-refractivity contribution in [2.24, 2.45) is 10.2 Å². The molecule has 0 aliphatic rings. The Bertz CT molecular complexity index is 1090. The van der Waals surface area contributed by atoms with Gasteiger partial charge in [0.25, 0.3) is 10.0 Å². The number of sulfonamides is 1. The molecule has 0 bridgehead atoms. The average molecular weight is 396 g/mol. The van der Waals surface area contributed by atoms with Crippen molar-refractivity contribution in [3.05, 3.63) is 71.9 Å². The van der Waals surface area contributed by atoms with Crippen LogP contribution in [0.5, 0.6) is 5.75 Å². The second-order valence-electron chi connectivity index (χ2n) is 6.28. The third kappa shape index (κ3) is 4.01. The Morgan fingerprint density at radius 1 is 0.929 bits per heavy atom. The molecule has 1 aromatic heterocycles. The van der Waals surface area contributed by atoms with Crippen LogP contribution in [0, 0.1) is 13.8 Å². The molecular weight excluding hydrogens is 376 g/mol. The number of phenolic OH excluding ortho intramolecular Hbond substituents is 1. The van der Waals surface area contributed by atoms with Crippen LogP contribution in [-0.4, -0.2) is 25.6 Å². The van der Waals surface area contributed by atoms with E-state index in [4.69, 9.17) is 0 Å². The Hall–Kier alpha value is -3.26. The molecule has 0 spiro atoms. The summed E-state index contributed by atoms with van der Waals surface area (Å²) in [5.41, 5.74) is 2.56. The fourth-order valence-corrected chi connectivity index (χ4v) is 3.76. The van der Waals surface area contributed by atoms with Crippen molar-refractivity contribution >= 4 is 27.2 Å². The lowest BCUT2D eigenvalue weighted by molar-refractivity contribution is 0.467. The van der Waals surface area contributed by atoms with Crippen LogP contribution in [0.4, 0.5) is 17.2 Å². The molecular formula is C20H20N4O3S. The number of anilines is 1. The average Bonchev–Trinajstić information content (AvgIpc) is 2.70. The van der Waals surface area contributed by atoms with Crippen LogP contribution in [0.25, 0.3) is 0 Å². The summed E-state index contributed by atoms with van der Waals surface area (Å²) >= 11 is 0. The van der Waals surface area contributed by atoms with Crippen LogP contribution >= 0.6 is 0 Å². The molecule has 0 fully saturated rings. The van der Waals surface area contributed by atoms with Crippen LogP contribution in [-0.2, 0) is 10.0 Å². The Labute approximate surface area is 164 Å². The molecule has 0 saturated carbocycles. The van der Waals surface area contributed by atoms with Gasteiger partial charge < -0.3 is 5.11 Å². The third-order valence-electron chi connectivity index (χ3n) is 4.22. The van der Waals surface area contributed by atoms with E-state index in [1.165, 1.54) is 25.4 Å². The molecule has 0 atom stereocenters. The van der Waals surface area contributed by atoms with Gasteiger partial charge in [-0.25, -0.2) is 13.4 Å². The summed E-state index contributed by atoms with van der Waals surface area (Å²) in [5, 5.41) is 18.1. The maximum Gasteiger partial charge on any atom is 0.265 e. The highest BCUT2D eigenvalue weighted by Gasteiger charge is 2.21. The molecule has 3 aromatic rings. The second-order valence-corrected chi connectivity index (χ2v) is 8.25. The number of benzene rings is 2. The number of pyridine rings is 1. The molecule has 144 valence electrons. The lowest BCUT2D eigenvalue weighted by Crippen LogP contribution is -2.27. The van der Waals surface area contributed by atoms with Crippen molar-refractivity contribution in [3.8, 4) is 5.75 Å².